The molecule has 0 saturated carbocycles. The minimum atomic E-state index is -0.258. The Morgan fingerprint density at radius 1 is 1.24 bits per heavy atom. The monoisotopic (exact) mass is 392 g/mol. The highest BCUT2D eigenvalue weighted by Crippen LogP contribution is 2.35. The minimum Gasteiger partial charge on any atom is -0.470 e. The number of aldehydes is 1. The van der Waals surface area contributed by atoms with Crippen molar-refractivity contribution in [1.29, 1.82) is 0 Å². The summed E-state index contributed by atoms with van der Waals surface area (Å²) in [5.41, 5.74) is 3.17. The zero-order chi connectivity index (χ0) is 20.6. The summed E-state index contributed by atoms with van der Waals surface area (Å²) < 4.78 is 12.9. The molecule has 0 N–H and O–H groups in total. The molecule has 0 saturated heterocycles. The topological polar surface area (TPSA) is 108 Å². The summed E-state index contributed by atoms with van der Waals surface area (Å²) in [5, 5.41) is 17.0. The van der Waals surface area contributed by atoms with Crippen molar-refractivity contribution in [3.8, 4) is 17.4 Å². The van der Waals surface area contributed by atoms with Crippen LogP contribution in [-0.2, 0) is 12.0 Å². The molecule has 9 nitrogen and oxygen atoms in total. The summed E-state index contributed by atoms with van der Waals surface area (Å²) in [4.78, 5) is 15.0. The van der Waals surface area contributed by atoms with Gasteiger partial charge in [-0.05, 0) is 24.5 Å². The third-order valence-electron chi connectivity index (χ3n) is 4.37. The van der Waals surface area contributed by atoms with Crippen molar-refractivity contribution in [3.05, 3.63) is 53.2 Å². The van der Waals surface area contributed by atoms with Crippen molar-refractivity contribution >= 4 is 11.8 Å². The summed E-state index contributed by atoms with van der Waals surface area (Å²) in [6.07, 6.45) is 3.93. The van der Waals surface area contributed by atoms with E-state index in [0.29, 0.717) is 34.4 Å². The number of aryl methyl sites for hydroxylation is 1. The molecule has 4 aromatic rings. The molecule has 4 aromatic heterocycles. The standard InChI is InChI=1S/C20H20N6O3/c1-12-7-15(25-29-12)18-23-22-9-16-17(20(2,3)4)19(24-26(16)18)28-11-14-6-5-13(10-27)8-21-14/h5-10H,11H2,1-4H3. The van der Waals surface area contributed by atoms with Crippen LogP contribution >= 0.6 is 0 Å². The first kappa shape index (κ1) is 18.7. The van der Waals surface area contributed by atoms with E-state index in [-0.39, 0.29) is 12.0 Å². The largest absolute Gasteiger partial charge is 0.470 e. The maximum atomic E-state index is 10.8. The SMILES string of the molecule is Cc1cc(-c2nncc3c(C(C)(C)C)c(OCc4ccc(C=O)cn4)nn23)no1. The molecule has 0 aliphatic rings. The Hall–Kier alpha value is -3.62. The quantitative estimate of drug-likeness (QED) is 0.477. The van der Waals surface area contributed by atoms with E-state index in [9.17, 15) is 4.79 Å². The third kappa shape index (κ3) is 3.58. The van der Waals surface area contributed by atoms with Gasteiger partial charge in [-0.3, -0.25) is 9.78 Å². The number of hydrogen-bond acceptors (Lipinski definition) is 8. The number of rotatable bonds is 5. The van der Waals surface area contributed by atoms with Gasteiger partial charge in [0, 0.05) is 23.4 Å². The van der Waals surface area contributed by atoms with Crippen LogP contribution in [0, 0.1) is 6.92 Å². The minimum absolute atomic E-state index is 0.214. The first-order valence-electron chi connectivity index (χ1n) is 9.08. The van der Waals surface area contributed by atoms with Gasteiger partial charge in [0.05, 0.1) is 17.4 Å². The Balaban J connectivity index is 1.76. The van der Waals surface area contributed by atoms with Gasteiger partial charge in [-0.15, -0.1) is 10.2 Å². The Morgan fingerprint density at radius 3 is 2.69 bits per heavy atom. The average molecular weight is 392 g/mol. The maximum Gasteiger partial charge on any atom is 0.238 e. The predicted molar refractivity (Wildman–Crippen MR) is 104 cm³/mol. The lowest BCUT2D eigenvalue weighted by atomic mass is 9.88. The van der Waals surface area contributed by atoms with Crippen LogP contribution < -0.4 is 4.74 Å². The smallest absolute Gasteiger partial charge is 0.238 e. The molecule has 29 heavy (non-hydrogen) atoms. The highest BCUT2D eigenvalue weighted by molar-refractivity contribution is 5.73. The van der Waals surface area contributed by atoms with Gasteiger partial charge >= 0.3 is 0 Å². The molecule has 4 heterocycles. The highest BCUT2D eigenvalue weighted by Gasteiger charge is 2.28. The molecule has 0 aromatic carbocycles. The number of carbonyl (C=O) groups excluding carboxylic acids is 1. The molecule has 0 radical (unpaired) electrons. The van der Waals surface area contributed by atoms with Crippen molar-refractivity contribution in [1.82, 2.24) is 30.0 Å². The fraction of sp³-hybridized carbons (Fsp3) is 0.300. The number of pyridine rings is 1. The van der Waals surface area contributed by atoms with Crippen LogP contribution in [0.5, 0.6) is 5.88 Å². The van der Waals surface area contributed by atoms with E-state index in [1.807, 2.05) is 6.92 Å². The molecule has 0 fully saturated rings. The second-order valence-electron chi connectivity index (χ2n) is 7.71. The molecular formula is C20H20N6O3. The van der Waals surface area contributed by atoms with Crippen LogP contribution in [-0.4, -0.2) is 36.2 Å². The van der Waals surface area contributed by atoms with Crippen LogP contribution in [0.3, 0.4) is 0 Å². The second kappa shape index (κ2) is 7.08. The van der Waals surface area contributed by atoms with Crippen molar-refractivity contribution in [2.45, 2.75) is 39.7 Å². The molecule has 148 valence electrons. The Bertz CT molecular complexity index is 1170. The number of fused-ring (bicyclic) bond motifs is 1. The van der Waals surface area contributed by atoms with E-state index < -0.39 is 0 Å². The first-order valence-corrected chi connectivity index (χ1v) is 9.08. The molecule has 0 aliphatic carbocycles. The van der Waals surface area contributed by atoms with Crippen molar-refractivity contribution < 1.29 is 14.1 Å². The summed E-state index contributed by atoms with van der Waals surface area (Å²) >= 11 is 0. The van der Waals surface area contributed by atoms with E-state index in [4.69, 9.17) is 9.26 Å². The number of nitrogens with zero attached hydrogens (tertiary/aromatic N) is 6. The van der Waals surface area contributed by atoms with Crippen LogP contribution in [0.2, 0.25) is 0 Å². The Kier molecular flexibility index (Phi) is 4.57. The summed E-state index contributed by atoms with van der Waals surface area (Å²) in [5.74, 6) is 1.60. The first-order chi connectivity index (χ1) is 13.9. The van der Waals surface area contributed by atoms with Crippen LogP contribution in [0.4, 0.5) is 0 Å². The number of ether oxygens (including phenoxy) is 1. The highest BCUT2D eigenvalue weighted by atomic mass is 16.5. The fourth-order valence-electron chi connectivity index (χ4n) is 3.04. The lowest BCUT2D eigenvalue weighted by molar-refractivity contribution is 0.112. The average Bonchev–Trinajstić information content (AvgIpc) is 3.29. The molecule has 0 unspecified atom stereocenters. The summed E-state index contributed by atoms with van der Waals surface area (Å²) in [6, 6.07) is 5.23. The Morgan fingerprint density at radius 2 is 2.07 bits per heavy atom. The van der Waals surface area contributed by atoms with Gasteiger partial charge in [-0.2, -0.15) is 5.10 Å². The molecule has 0 amide bonds. The lowest BCUT2D eigenvalue weighted by Gasteiger charge is -2.18. The molecule has 0 spiro atoms. The van der Waals surface area contributed by atoms with E-state index in [0.717, 1.165) is 17.4 Å². The van der Waals surface area contributed by atoms with Gasteiger partial charge < -0.3 is 9.26 Å². The van der Waals surface area contributed by atoms with Gasteiger partial charge in [0.1, 0.15) is 12.4 Å². The normalized spacial score (nSPS) is 11.7. The van der Waals surface area contributed by atoms with Crippen molar-refractivity contribution in [2.24, 2.45) is 0 Å². The molecule has 9 heteroatoms. The zero-order valence-electron chi connectivity index (χ0n) is 16.6. The van der Waals surface area contributed by atoms with E-state index >= 15 is 0 Å². The molecule has 0 bridgehead atoms. The molecule has 0 atom stereocenters. The van der Waals surface area contributed by atoms with Crippen molar-refractivity contribution in [3.63, 3.8) is 0 Å². The number of carbonyl (C=O) groups is 1. The van der Waals surface area contributed by atoms with E-state index in [2.05, 4.69) is 46.2 Å². The molecule has 4 rings (SSSR count). The third-order valence-corrected chi connectivity index (χ3v) is 4.37. The predicted octanol–water partition coefficient (Wildman–Crippen LogP) is 3.17. The van der Waals surface area contributed by atoms with Crippen LogP contribution in [0.15, 0.2) is 35.1 Å². The lowest BCUT2D eigenvalue weighted by Crippen LogP contribution is -2.13. The number of hydrogen-bond donors (Lipinski definition) is 0. The van der Waals surface area contributed by atoms with Crippen molar-refractivity contribution in [2.75, 3.05) is 0 Å². The van der Waals surface area contributed by atoms with E-state index in [1.165, 1.54) is 6.20 Å². The Labute approximate surface area is 166 Å². The van der Waals surface area contributed by atoms with Crippen LogP contribution in [0.1, 0.15) is 48.1 Å². The molecular weight excluding hydrogens is 372 g/mol. The maximum absolute atomic E-state index is 10.8. The summed E-state index contributed by atoms with van der Waals surface area (Å²) in [6.45, 7) is 8.26. The number of aromatic nitrogens is 6. The second-order valence-corrected chi connectivity index (χ2v) is 7.71. The summed E-state index contributed by atoms with van der Waals surface area (Å²) in [7, 11) is 0. The van der Waals surface area contributed by atoms with Gasteiger partial charge in [0.15, 0.2) is 12.0 Å². The zero-order valence-corrected chi connectivity index (χ0v) is 16.6. The van der Waals surface area contributed by atoms with E-state index in [1.54, 1.807) is 28.9 Å². The van der Waals surface area contributed by atoms with Gasteiger partial charge in [0.2, 0.25) is 11.7 Å². The fourth-order valence-corrected chi connectivity index (χ4v) is 3.04. The molecule has 0 aliphatic heterocycles. The van der Waals surface area contributed by atoms with Gasteiger partial charge in [-0.25, -0.2) is 4.52 Å². The van der Waals surface area contributed by atoms with Gasteiger partial charge in [-0.1, -0.05) is 25.9 Å². The van der Waals surface area contributed by atoms with Crippen LogP contribution in [0.25, 0.3) is 17.0 Å². The van der Waals surface area contributed by atoms with Gasteiger partial charge in [0.25, 0.3) is 0 Å².